The van der Waals surface area contributed by atoms with E-state index in [1.54, 1.807) is 18.2 Å². The number of hydrogen-bond acceptors (Lipinski definition) is 3. The van der Waals surface area contributed by atoms with Gasteiger partial charge in [-0.15, -0.1) is 0 Å². The zero-order valence-corrected chi connectivity index (χ0v) is 17.6. The van der Waals surface area contributed by atoms with E-state index >= 15 is 0 Å². The molecule has 132 valence electrons. The van der Waals surface area contributed by atoms with Crippen molar-refractivity contribution in [3.63, 3.8) is 0 Å². The van der Waals surface area contributed by atoms with Crippen molar-refractivity contribution in [1.82, 2.24) is 5.32 Å². The summed E-state index contributed by atoms with van der Waals surface area (Å²) >= 11 is 32.2. The van der Waals surface area contributed by atoms with Gasteiger partial charge in [0.1, 0.15) is 5.75 Å². The zero-order valence-electron chi connectivity index (χ0n) is 12.2. The molecule has 0 heterocycles. The van der Waals surface area contributed by atoms with E-state index in [1.807, 2.05) is 0 Å². The van der Waals surface area contributed by atoms with Crippen LogP contribution >= 0.6 is 74.6 Å². The predicted octanol–water partition coefficient (Wildman–Crippen LogP) is 5.95. The number of ether oxygens (including phenoxy) is 1. The van der Waals surface area contributed by atoms with E-state index in [4.69, 9.17) is 63.4 Å². The number of anilines is 1. The highest BCUT2D eigenvalue weighted by atomic mass is 79.9. The van der Waals surface area contributed by atoms with Gasteiger partial charge in [0.2, 0.25) is 0 Å². The lowest BCUT2D eigenvalue weighted by Gasteiger charge is -2.12. The van der Waals surface area contributed by atoms with Gasteiger partial charge in [-0.05, 0) is 42.5 Å². The lowest BCUT2D eigenvalue weighted by molar-refractivity contribution is -0.121. The van der Waals surface area contributed by atoms with Crippen molar-refractivity contribution in [2.45, 2.75) is 0 Å². The number of benzene rings is 2. The van der Waals surface area contributed by atoms with Crippen molar-refractivity contribution in [2.24, 2.45) is 0 Å². The fraction of sp³-hybridized carbons (Fsp3) is 0.0667. The Bertz CT molecular complexity index is 835. The number of nitrogens with one attached hydrogen (secondary N) is 2. The minimum atomic E-state index is -0.465. The molecule has 2 aromatic rings. The lowest BCUT2D eigenvalue weighted by atomic mass is 10.3. The molecule has 0 bridgehead atoms. The van der Waals surface area contributed by atoms with Crippen molar-refractivity contribution in [1.29, 1.82) is 0 Å². The highest BCUT2D eigenvalue weighted by Crippen LogP contribution is 2.32. The Balaban J connectivity index is 1.90. The molecule has 4 nitrogen and oxygen atoms in total. The Morgan fingerprint density at radius 3 is 2.40 bits per heavy atom. The van der Waals surface area contributed by atoms with Gasteiger partial charge < -0.3 is 10.1 Å². The minimum absolute atomic E-state index is 0.0378. The van der Waals surface area contributed by atoms with Gasteiger partial charge in [-0.2, -0.15) is 0 Å². The van der Waals surface area contributed by atoms with Crippen LogP contribution in [0, 0.1) is 0 Å². The monoisotopic (exact) mass is 500 g/mol. The SMILES string of the molecule is O=C(COc1ccc(Br)cc1Cl)NC(=S)Nc1cc(Cl)c(Cl)cc1Cl. The summed E-state index contributed by atoms with van der Waals surface area (Å²) in [7, 11) is 0. The molecule has 1 amide bonds. The molecule has 2 N–H and O–H groups in total. The molecule has 0 fully saturated rings. The number of amides is 1. The second-order valence-corrected chi connectivity index (χ2v) is 7.56. The molecule has 0 radical (unpaired) electrons. The third-order valence-corrected chi connectivity index (χ3v) is 4.79. The van der Waals surface area contributed by atoms with Crippen LogP contribution in [0.2, 0.25) is 20.1 Å². The Kier molecular flexibility index (Phi) is 7.61. The molecule has 0 aliphatic heterocycles. The topological polar surface area (TPSA) is 50.4 Å². The number of carbonyl (C=O) groups excluding carboxylic acids is 1. The Morgan fingerprint density at radius 2 is 1.72 bits per heavy atom. The van der Waals surface area contributed by atoms with Gasteiger partial charge in [-0.3, -0.25) is 10.1 Å². The van der Waals surface area contributed by atoms with Crippen molar-refractivity contribution in [3.05, 3.63) is 54.9 Å². The summed E-state index contributed by atoms with van der Waals surface area (Å²) in [5.41, 5.74) is 0.415. The van der Waals surface area contributed by atoms with Crippen LogP contribution in [0.15, 0.2) is 34.8 Å². The quantitative estimate of drug-likeness (QED) is 0.400. The molecule has 2 aromatic carbocycles. The molecular formula is C15H9BrCl4N2O2S. The molecule has 2 rings (SSSR count). The molecule has 0 unspecified atom stereocenters. The zero-order chi connectivity index (χ0) is 18.6. The first-order valence-electron chi connectivity index (χ1n) is 6.59. The van der Waals surface area contributed by atoms with E-state index in [0.717, 1.165) is 4.47 Å². The first-order valence-corrected chi connectivity index (χ1v) is 9.31. The van der Waals surface area contributed by atoms with Crippen molar-refractivity contribution in [3.8, 4) is 5.75 Å². The molecule has 0 aliphatic rings. The number of rotatable bonds is 4. The van der Waals surface area contributed by atoms with Crippen LogP contribution in [-0.2, 0) is 4.79 Å². The van der Waals surface area contributed by atoms with Crippen LogP contribution in [-0.4, -0.2) is 17.6 Å². The average molecular weight is 503 g/mol. The Hall–Kier alpha value is -0.760. The van der Waals surface area contributed by atoms with Crippen LogP contribution in [0.3, 0.4) is 0 Å². The summed E-state index contributed by atoms with van der Waals surface area (Å²) < 4.78 is 6.15. The molecule has 25 heavy (non-hydrogen) atoms. The second kappa shape index (κ2) is 9.26. The summed E-state index contributed by atoms with van der Waals surface area (Å²) in [6.45, 7) is -0.266. The lowest BCUT2D eigenvalue weighted by Crippen LogP contribution is -2.37. The van der Waals surface area contributed by atoms with Crippen LogP contribution in [0.4, 0.5) is 5.69 Å². The maximum atomic E-state index is 11.9. The normalized spacial score (nSPS) is 10.3. The van der Waals surface area contributed by atoms with Gasteiger partial charge in [0.25, 0.3) is 5.91 Å². The molecular weight excluding hydrogens is 494 g/mol. The van der Waals surface area contributed by atoms with Crippen LogP contribution < -0.4 is 15.4 Å². The highest BCUT2D eigenvalue weighted by Gasteiger charge is 2.11. The molecule has 10 heteroatoms. The first-order chi connectivity index (χ1) is 11.8. The molecule has 0 spiro atoms. The number of halogens is 5. The van der Waals surface area contributed by atoms with E-state index in [9.17, 15) is 4.79 Å². The van der Waals surface area contributed by atoms with Crippen LogP contribution in [0.5, 0.6) is 5.75 Å². The van der Waals surface area contributed by atoms with Gasteiger partial charge in [0.15, 0.2) is 11.7 Å². The molecule has 0 atom stereocenters. The molecule has 0 saturated carbocycles. The Morgan fingerprint density at radius 1 is 1.04 bits per heavy atom. The Labute approximate surface area is 177 Å². The van der Waals surface area contributed by atoms with Gasteiger partial charge in [0.05, 0.1) is 25.8 Å². The fourth-order valence-electron chi connectivity index (χ4n) is 1.67. The van der Waals surface area contributed by atoms with Crippen molar-refractivity contribution < 1.29 is 9.53 Å². The summed E-state index contributed by atoms with van der Waals surface area (Å²) in [6, 6.07) is 8.02. The van der Waals surface area contributed by atoms with E-state index in [1.165, 1.54) is 12.1 Å². The van der Waals surface area contributed by atoms with Crippen molar-refractivity contribution >= 4 is 91.3 Å². The summed E-state index contributed by atoms with van der Waals surface area (Å²) in [5, 5.41) is 6.56. The van der Waals surface area contributed by atoms with E-state index in [-0.39, 0.29) is 11.7 Å². The summed E-state index contributed by atoms with van der Waals surface area (Å²) in [5.74, 6) is -0.0842. The maximum absolute atomic E-state index is 11.9. The summed E-state index contributed by atoms with van der Waals surface area (Å²) in [4.78, 5) is 11.9. The van der Waals surface area contributed by atoms with Gasteiger partial charge in [-0.1, -0.05) is 62.3 Å². The van der Waals surface area contributed by atoms with Gasteiger partial charge in [-0.25, -0.2) is 0 Å². The van der Waals surface area contributed by atoms with Crippen LogP contribution in [0.1, 0.15) is 0 Å². The predicted molar refractivity (Wildman–Crippen MR) is 110 cm³/mol. The number of thiocarbonyl (C=S) groups is 1. The maximum Gasteiger partial charge on any atom is 0.264 e. The fourth-order valence-corrected chi connectivity index (χ4v) is 3.22. The van der Waals surface area contributed by atoms with Crippen molar-refractivity contribution in [2.75, 3.05) is 11.9 Å². The largest absolute Gasteiger partial charge is 0.482 e. The molecule has 0 saturated heterocycles. The first kappa shape index (κ1) is 20.6. The molecule has 0 aromatic heterocycles. The molecule has 0 aliphatic carbocycles. The van der Waals surface area contributed by atoms with Crippen LogP contribution in [0.25, 0.3) is 0 Å². The highest BCUT2D eigenvalue weighted by molar-refractivity contribution is 9.10. The summed E-state index contributed by atoms with van der Waals surface area (Å²) in [6.07, 6.45) is 0. The smallest absolute Gasteiger partial charge is 0.264 e. The third kappa shape index (κ3) is 6.16. The third-order valence-electron chi connectivity index (χ3n) is 2.76. The van der Waals surface area contributed by atoms with Gasteiger partial charge >= 0.3 is 0 Å². The van der Waals surface area contributed by atoms with Gasteiger partial charge in [0, 0.05) is 4.47 Å². The standard InChI is InChI=1S/C15H9BrCl4N2O2S/c16-7-1-2-13(11(20)3-7)24-6-14(23)22-15(25)21-12-5-9(18)8(17)4-10(12)19/h1-5H,6H2,(H2,21,22,23,25). The van der Waals surface area contributed by atoms with E-state index < -0.39 is 5.91 Å². The number of hydrogen-bond donors (Lipinski definition) is 2. The minimum Gasteiger partial charge on any atom is -0.482 e. The van der Waals surface area contributed by atoms with E-state index in [0.29, 0.717) is 31.5 Å². The van der Waals surface area contributed by atoms with E-state index in [2.05, 4.69) is 26.6 Å². The number of carbonyl (C=O) groups is 1. The second-order valence-electron chi connectivity index (χ2n) is 4.61. The average Bonchev–Trinajstić information content (AvgIpc) is 2.51.